The van der Waals surface area contributed by atoms with Crippen molar-refractivity contribution in [2.75, 3.05) is 0 Å². The van der Waals surface area contributed by atoms with Crippen LogP contribution < -0.4 is 4.74 Å². The first kappa shape index (κ1) is 14.4. The summed E-state index contributed by atoms with van der Waals surface area (Å²) in [5.74, 6) is 0.458. The van der Waals surface area contributed by atoms with E-state index in [2.05, 4.69) is 0 Å². The van der Waals surface area contributed by atoms with E-state index in [1.165, 1.54) is 36.4 Å². The van der Waals surface area contributed by atoms with Gasteiger partial charge < -0.3 is 4.74 Å². The van der Waals surface area contributed by atoms with Gasteiger partial charge in [-0.2, -0.15) is 0 Å². The highest BCUT2D eigenvalue weighted by Gasteiger charge is 2.13. The van der Waals surface area contributed by atoms with E-state index in [1.807, 2.05) is 0 Å². The maximum Gasteiger partial charge on any atom is 0.269 e. The summed E-state index contributed by atoms with van der Waals surface area (Å²) in [6.45, 7) is 1.75. The van der Waals surface area contributed by atoms with Crippen LogP contribution in [-0.2, 0) is 0 Å². The fraction of sp³-hybridized carbons (Fsp3) is 0.143. The van der Waals surface area contributed by atoms with Crippen LogP contribution in [0.4, 0.5) is 11.4 Å². The van der Waals surface area contributed by atoms with Crippen molar-refractivity contribution in [1.82, 2.24) is 0 Å². The number of nitro groups is 2. The molecule has 7 nitrogen and oxygen atoms in total. The SMILES string of the molecule is C[C@H](Oc1ccc([N+](=O)[O-])cc1)c1cccc([N+](=O)[O-])c1. The van der Waals surface area contributed by atoms with Gasteiger partial charge in [0.25, 0.3) is 11.4 Å². The molecule has 108 valence electrons. The molecule has 2 rings (SSSR count). The monoisotopic (exact) mass is 288 g/mol. The van der Waals surface area contributed by atoms with Gasteiger partial charge in [-0.1, -0.05) is 12.1 Å². The molecular formula is C14H12N2O5. The lowest BCUT2D eigenvalue weighted by Gasteiger charge is -2.14. The van der Waals surface area contributed by atoms with Crippen LogP contribution in [0.15, 0.2) is 48.5 Å². The van der Waals surface area contributed by atoms with Gasteiger partial charge in [-0.15, -0.1) is 0 Å². The lowest BCUT2D eigenvalue weighted by Crippen LogP contribution is -2.03. The standard InChI is InChI=1S/C14H12N2O5/c1-10(11-3-2-4-13(9-11)16(19)20)21-14-7-5-12(6-8-14)15(17)18/h2-10H,1H3/t10-/m0/s1. The highest BCUT2D eigenvalue weighted by Crippen LogP contribution is 2.25. The Labute approximate surface area is 120 Å². The second-order valence-electron chi connectivity index (χ2n) is 4.36. The number of nitro benzene ring substituents is 2. The van der Waals surface area contributed by atoms with Crippen LogP contribution in [0.2, 0.25) is 0 Å². The van der Waals surface area contributed by atoms with Crippen molar-refractivity contribution in [3.05, 3.63) is 74.3 Å². The van der Waals surface area contributed by atoms with Crippen LogP contribution in [0.5, 0.6) is 5.75 Å². The predicted molar refractivity (Wildman–Crippen MR) is 75.2 cm³/mol. The molecule has 0 saturated heterocycles. The molecule has 0 unspecified atom stereocenters. The molecule has 2 aromatic carbocycles. The fourth-order valence-corrected chi connectivity index (χ4v) is 1.81. The number of non-ortho nitro benzene ring substituents is 2. The van der Waals surface area contributed by atoms with Crippen LogP contribution in [0.25, 0.3) is 0 Å². The average molecular weight is 288 g/mol. The number of ether oxygens (including phenoxy) is 1. The van der Waals surface area contributed by atoms with Crippen LogP contribution in [0.1, 0.15) is 18.6 Å². The van der Waals surface area contributed by atoms with Crippen molar-refractivity contribution < 1.29 is 14.6 Å². The minimum absolute atomic E-state index is 0.00773. The van der Waals surface area contributed by atoms with Crippen molar-refractivity contribution in [2.24, 2.45) is 0 Å². The van der Waals surface area contributed by atoms with Crippen LogP contribution in [-0.4, -0.2) is 9.85 Å². The van der Waals surface area contributed by atoms with Gasteiger partial charge in [-0.05, 0) is 24.6 Å². The number of rotatable bonds is 5. The Morgan fingerprint density at radius 2 is 1.57 bits per heavy atom. The Balaban J connectivity index is 2.13. The van der Waals surface area contributed by atoms with Gasteiger partial charge >= 0.3 is 0 Å². The Morgan fingerprint density at radius 3 is 2.14 bits per heavy atom. The molecule has 0 bridgehead atoms. The summed E-state index contributed by atoms with van der Waals surface area (Å²) in [6, 6.07) is 11.8. The third-order valence-electron chi connectivity index (χ3n) is 2.91. The first-order chi connectivity index (χ1) is 9.97. The van der Waals surface area contributed by atoms with E-state index in [0.29, 0.717) is 11.3 Å². The number of hydrogen-bond acceptors (Lipinski definition) is 5. The third kappa shape index (κ3) is 3.53. The van der Waals surface area contributed by atoms with Gasteiger partial charge in [0, 0.05) is 24.3 Å². The Kier molecular flexibility index (Phi) is 4.13. The summed E-state index contributed by atoms with van der Waals surface area (Å²) in [5, 5.41) is 21.3. The number of nitrogens with zero attached hydrogens (tertiary/aromatic N) is 2. The summed E-state index contributed by atoms with van der Waals surface area (Å²) < 4.78 is 5.62. The molecular weight excluding hydrogens is 276 g/mol. The van der Waals surface area contributed by atoms with Gasteiger partial charge in [0.2, 0.25) is 0 Å². The molecule has 0 saturated carbocycles. The molecule has 7 heteroatoms. The molecule has 0 N–H and O–H groups in total. The minimum atomic E-state index is -0.492. The van der Waals surface area contributed by atoms with Crippen molar-refractivity contribution in [1.29, 1.82) is 0 Å². The van der Waals surface area contributed by atoms with E-state index in [9.17, 15) is 20.2 Å². The smallest absolute Gasteiger partial charge is 0.269 e. The predicted octanol–water partition coefficient (Wildman–Crippen LogP) is 3.64. The molecule has 0 amide bonds. The lowest BCUT2D eigenvalue weighted by molar-refractivity contribution is -0.385. The average Bonchev–Trinajstić information content (AvgIpc) is 2.48. The normalized spacial score (nSPS) is 11.7. The highest BCUT2D eigenvalue weighted by molar-refractivity contribution is 5.38. The van der Waals surface area contributed by atoms with Crippen molar-refractivity contribution in [2.45, 2.75) is 13.0 Å². The first-order valence-corrected chi connectivity index (χ1v) is 6.13. The molecule has 21 heavy (non-hydrogen) atoms. The largest absolute Gasteiger partial charge is 0.486 e. The summed E-state index contributed by atoms with van der Waals surface area (Å²) in [4.78, 5) is 20.3. The van der Waals surface area contributed by atoms with Crippen LogP contribution in [0.3, 0.4) is 0 Å². The zero-order chi connectivity index (χ0) is 15.4. The Morgan fingerprint density at radius 1 is 0.952 bits per heavy atom. The topological polar surface area (TPSA) is 95.5 Å². The maximum atomic E-state index is 10.7. The fourth-order valence-electron chi connectivity index (χ4n) is 1.81. The first-order valence-electron chi connectivity index (χ1n) is 6.13. The maximum absolute atomic E-state index is 10.7. The molecule has 0 aliphatic carbocycles. The summed E-state index contributed by atoms with van der Waals surface area (Å²) in [6.07, 6.45) is -0.411. The van der Waals surface area contributed by atoms with Crippen LogP contribution >= 0.6 is 0 Å². The summed E-state index contributed by atoms with van der Waals surface area (Å²) >= 11 is 0. The minimum Gasteiger partial charge on any atom is -0.486 e. The zero-order valence-electron chi connectivity index (χ0n) is 11.1. The summed E-state index contributed by atoms with van der Waals surface area (Å²) in [5.41, 5.74) is 0.625. The lowest BCUT2D eigenvalue weighted by atomic mass is 10.1. The molecule has 0 fully saturated rings. The van der Waals surface area contributed by atoms with Crippen molar-refractivity contribution in [3.8, 4) is 5.75 Å². The van der Waals surface area contributed by atoms with Gasteiger partial charge in [-0.3, -0.25) is 20.2 Å². The summed E-state index contributed by atoms with van der Waals surface area (Å²) in [7, 11) is 0. The van der Waals surface area contributed by atoms with E-state index in [0.717, 1.165) is 0 Å². The van der Waals surface area contributed by atoms with Gasteiger partial charge in [-0.25, -0.2) is 0 Å². The van der Waals surface area contributed by atoms with E-state index in [1.54, 1.807) is 19.1 Å². The van der Waals surface area contributed by atoms with E-state index in [-0.39, 0.29) is 11.4 Å². The molecule has 0 aliphatic heterocycles. The zero-order valence-corrected chi connectivity index (χ0v) is 11.1. The Hall–Kier alpha value is -2.96. The molecule has 0 radical (unpaired) electrons. The van der Waals surface area contributed by atoms with Crippen molar-refractivity contribution in [3.63, 3.8) is 0 Å². The van der Waals surface area contributed by atoms with Gasteiger partial charge in [0.1, 0.15) is 11.9 Å². The van der Waals surface area contributed by atoms with Gasteiger partial charge in [0.05, 0.1) is 9.85 Å². The Bertz CT molecular complexity index is 669. The second kappa shape index (κ2) is 6.00. The molecule has 0 heterocycles. The molecule has 1 atom stereocenters. The van der Waals surface area contributed by atoms with E-state index in [4.69, 9.17) is 4.74 Å². The quantitative estimate of drug-likeness (QED) is 0.618. The highest BCUT2D eigenvalue weighted by atomic mass is 16.6. The van der Waals surface area contributed by atoms with E-state index < -0.39 is 16.0 Å². The van der Waals surface area contributed by atoms with Crippen molar-refractivity contribution >= 4 is 11.4 Å². The molecule has 0 aliphatic rings. The second-order valence-corrected chi connectivity index (χ2v) is 4.36. The third-order valence-corrected chi connectivity index (χ3v) is 2.91. The molecule has 2 aromatic rings. The molecule has 0 spiro atoms. The number of hydrogen-bond donors (Lipinski definition) is 0. The molecule has 0 aromatic heterocycles. The van der Waals surface area contributed by atoms with Gasteiger partial charge in [0.15, 0.2) is 0 Å². The van der Waals surface area contributed by atoms with Crippen LogP contribution in [0, 0.1) is 20.2 Å². The van der Waals surface area contributed by atoms with E-state index >= 15 is 0 Å². The number of benzene rings is 2.